The second-order valence-electron chi connectivity index (χ2n) is 6.20. The third kappa shape index (κ3) is 3.76. The Morgan fingerprint density at radius 3 is 3.00 bits per heavy atom. The number of aromatic nitrogens is 3. The minimum Gasteiger partial charge on any atom is -0.349 e. The van der Waals surface area contributed by atoms with E-state index in [1.807, 2.05) is 6.92 Å². The first-order valence-electron chi connectivity index (χ1n) is 8.42. The van der Waals surface area contributed by atoms with Crippen LogP contribution in [0.25, 0.3) is 0 Å². The van der Waals surface area contributed by atoms with Crippen LogP contribution in [0.2, 0.25) is 5.02 Å². The normalized spacial score (nSPS) is 17.0. The number of aryl methyl sites for hydroxylation is 2. The number of nitrogens with one attached hydrogen (secondary N) is 1. The zero-order valence-electron chi connectivity index (χ0n) is 14.0. The molecule has 1 aliphatic rings. The largest absolute Gasteiger partial charge is 0.349 e. The fraction of sp³-hybridized carbons (Fsp3) is 0.471. The van der Waals surface area contributed by atoms with Crippen LogP contribution in [-0.4, -0.2) is 26.3 Å². The summed E-state index contributed by atoms with van der Waals surface area (Å²) in [7, 11) is 0. The smallest absolute Gasteiger partial charge is 0.345 e. The third-order valence-electron chi connectivity index (χ3n) is 4.36. The van der Waals surface area contributed by atoms with Gasteiger partial charge in [-0.3, -0.25) is 9.36 Å². The Hall–Kier alpha value is -2.15. The molecule has 1 aromatic carbocycles. The molecule has 0 aliphatic carbocycles. The average Bonchev–Trinajstić information content (AvgIpc) is 2.75. The summed E-state index contributed by atoms with van der Waals surface area (Å²) >= 11 is 5.84. The van der Waals surface area contributed by atoms with Crippen LogP contribution in [0.4, 0.5) is 4.39 Å². The molecule has 1 amide bonds. The standard InChI is InChI=1S/C17H20ClFN4O2/c1-2-8-23-17(25)22-9-7-12(4-6-15(22)21-23)20-16(24)13-10-11(18)3-5-14(13)19/h3,5,10,12H,2,4,6-9H2,1H3,(H,20,24). The molecule has 8 heteroatoms. The Kier molecular flexibility index (Phi) is 5.22. The van der Waals surface area contributed by atoms with E-state index in [-0.39, 0.29) is 17.3 Å². The van der Waals surface area contributed by atoms with Crippen molar-refractivity contribution in [1.82, 2.24) is 19.7 Å². The van der Waals surface area contributed by atoms with E-state index in [0.29, 0.717) is 37.4 Å². The van der Waals surface area contributed by atoms with E-state index in [2.05, 4.69) is 10.4 Å². The molecule has 0 radical (unpaired) electrons. The highest BCUT2D eigenvalue weighted by atomic mass is 35.5. The summed E-state index contributed by atoms with van der Waals surface area (Å²) in [5.41, 5.74) is -0.176. The summed E-state index contributed by atoms with van der Waals surface area (Å²) in [4.78, 5) is 24.6. The maximum atomic E-state index is 13.8. The lowest BCUT2D eigenvalue weighted by atomic mass is 10.1. The minimum atomic E-state index is -0.606. The minimum absolute atomic E-state index is 0.0696. The molecule has 0 fully saturated rings. The van der Waals surface area contributed by atoms with Crippen molar-refractivity contribution >= 4 is 17.5 Å². The highest BCUT2D eigenvalue weighted by Crippen LogP contribution is 2.17. The van der Waals surface area contributed by atoms with Crippen LogP contribution >= 0.6 is 11.6 Å². The Balaban J connectivity index is 1.69. The molecule has 0 saturated carbocycles. The van der Waals surface area contributed by atoms with Crippen molar-refractivity contribution in [3.05, 3.63) is 50.9 Å². The highest BCUT2D eigenvalue weighted by Gasteiger charge is 2.23. The Bertz CT molecular complexity index is 846. The molecule has 2 aromatic rings. The molecule has 25 heavy (non-hydrogen) atoms. The van der Waals surface area contributed by atoms with Crippen molar-refractivity contribution < 1.29 is 9.18 Å². The number of halogens is 2. The second kappa shape index (κ2) is 7.39. The topological polar surface area (TPSA) is 68.9 Å². The SMILES string of the molecule is CCCn1nc2n(c1=O)CCC(NC(=O)c1cc(Cl)ccc1F)CC2. The predicted molar refractivity (Wildman–Crippen MR) is 92.4 cm³/mol. The molecule has 1 aromatic heterocycles. The lowest BCUT2D eigenvalue weighted by Crippen LogP contribution is -2.36. The first kappa shape index (κ1) is 17.7. The molecule has 134 valence electrons. The van der Waals surface area contributed by atoms with Gasteiger partial charge in [-0.1, -0.05) is 18.5 Å². The third-order valence-corrected chi connectivity index (χ3v) is 4.60. The Labute approximate surface area is 149 Å². The van der Waals surface area contributed by atoms with E-state index in [0.717, 1.165) is 12.2 Å². The first-order valence-corrected chi connectivity index (χ1v) is 8.79. The molecular formula is C17H20ClFN4O2. The average molecular weight is 367 g/mol. The van der Waals surface area contributed by atoms with Crippen LogP contribution in [0.3, 0.4) is 0 Å². The number of carbonyl (C=O) groups is 1. The quantitative estimate of drug-likeness (QED) is 0.903. The number of hydrogen-bond donors (Lipinski definition) is 1. The van der Waals surface area contributed by atoms with E-state index >= 15 is 0 Å². The Morgan fingerprint density at radius 1 is 1.44 bits per heavy atom. The summed E-state index contributed by atoms with van der Waals surface area (Å²) in [5.74, 6) is -0.358. The number of fused-ring (bicyclic) bond motifs is 1. The van der Waals surface area contributed by atoms with Crippen molar-refractivity contribution in [3.8, 4) is 0 Å². The van der Waals surface area contributed by atoms with Gasteiger partial charge in [0.25, 0.3) is 5.91 Å². The van der Waals surface area contributed by atoms with Gasteiger partial charge in [-0.2, -0.15) is 5.10 Å². The van der Waals surface area contributed by atoms with Crippen molar-refractivity contribution in [3.63, 3.8) is 0 Å². The molecule has 0 spiro atoms. The van der Waals surface area contributed by atoms with Crippen molar-refractivity contribution in [2.75, 3.05) is 0 Å². The predicted octanol–water partition coefficient (Wildman–Crippen LogP) is 2.38. The molecule has 1 N–H and O–H groups in total. The van der Waals surface area contributed by atoms with Crippen LogP contribution in [-0.2, 0) is 19.5 Å². The van der Waals surface area contributed by atoms with E-state index in [1.54, 1.807) is 4.57 Å². The lowest BCUT2D eigenvalue weighted by Gasteiger charge is -2.16. The summed E-state index contributed by atoms with van der Waals surface area (Å²) in [6.45, 7) is 3.09. The second-order valence-corrected chi connectivity index (χ2v) is 6.63. The number of nitrogens with zero attached hydrogens (tertiary/aromatic N) is 3. The molecular weight excluding hydrogens is 347 g/mol. The van der Waals surface area contributed by atoms with Gasteiger partial charge in [0.15, 0.2) is 0 Å². The molecule has 1 atom stereocenters. The van der Waals surface area contributed by atoms with Crippen molar-refractivity contribution in [2.45, 2.75) is 51.7 Å². The Morgan fingerprint density at radius 2 is 2.24 bits per heavy atom. The molecule has 6 nitrogen and oxygen atoms in total. The first-order chi connectivity index (χ1) is 12.0. The molecule has 0 saturated heterocycles. The fourth-order valence-electron chi connectivity index (χ4n) is 3.06. The van der Waals surface area contributed by atoms with Gasteiger partial charge in [0, 0.05) is 30.6 Å². The lowest BCUT2D eigenvalue weighted by molar-refractivity contribution is 0.0928. The van der Waals surface area contributed by atoms with Crippen LogP contribution < -0.4 is 11.0 Å². The molecule has 1 unspecified atom stereocenters. The molecule has 2 heterocycles. The number of carbonyl (C=O) groups excluding carboxylic acids is 1. The monoisotopic (exact) mass is 366 g/mol. The van der Waals surface area contributed by atoms with Gasteiger partial charge in [0.1, 0.15) is 11.6 Å². The van der Waals surface area contributed by atoms with Gasteiger partial charge >= 0.3 is 5.69 Å². The van der Waals surface area contributed by atoms with Crippen molar-refractivity contribution in [1.29, 1.82) is 0 Å². The number of rotatable bonds is 4. The summed E-state index contributed by atoms with van der Waals surface area (Å²) < 4.78 is 17.0. The van der Waals surface area contributed by atoms with Crippen LogP contribution in [0.1, 0.15) is 42.4 Å². The maximum absolute atomic E-state index is 13.8. The summed E-state index contributed by atoms with van der Waals surface area (Å²) in [6, 6.07) is 3.75. The van der Waals surface area contributed by atoms with Gasteiger partial charge < -0.3 is 5.32 Å². The van der Waals surface area contributed by atoms with E-state index < -0.39 is 11.7 Å². The van der Waals surface area contributed by atoms with Crippen molar-refractivity contribution in [2.24, 2.45) is 0 Å². The maximum Gasteiger partial charge on any atom is 0.345 e. The number of amides is 1. The summed E-state index contributed by atoms with van der Waals surface area (Å²) in [5, 5.41) is 7.52. The van der Waals surface area contributed by atoms with E-state index in [1.165, 1.54) is 22.9 Å². The highest BCUT2D eigenvalue weighted by molar-refractivity contribution is 6.31. The van der Waals surface area contributed by atoms with Crippen LogP contribution in [0.15, 0.2) is 23.0 Å². The van der Waals surface area contributed by atoms with Gasteiger partial charge in [-0.05, 0) is 37.5 Å². The van der Waals surface area contributed by atoms with Gasteiger partial charge in [-0.15, -0.1) is 0 Å². The summed E-state index contributed by atoms with van der Waals surface area (Å²) in [6.07, 6.45) is 2.68. The fourth-order valence-corrected chi connectivity index (χ4v) is 3.24. The molecule has 1 aliphatic heterocycles. The molecule has 3 rings (SSSR count). The zero-order chi connectivity index (χ0) is 18.0. The van der Waals surface area contributed by atoms with Gasteiger partial charge in [0.05, 0.1) is 5.56 Å². The van der Waals surface area contributed by atoms with Gasteiger partial charge in [0.2, 0.25) is 0 Å². The number of benzene rings is 1. The van der Waals surface area contributed by atoms with Crippen LogP contribution in [0, 0.1) is 5.82 Å². The van der Waals surface area contributed by atoms with E-state index in [9.17, 15) is 14.0 Å². The van der Waals surface area contributed by atoms with E-state index in [4.69, 9.17) is 11.6 Å². The number of hydrogen-bond acceptors (Lipinski definition) is 3. The van der Waals surface area contributed by atoms with Crippen LogP contribution in [0.5, 0.6) is 0 Å². The van der Waals surface area contributed by atoms with Gasteiger partial charge in [-0.25, -0.2) is 13.9 Å². The molecule has 0 bridgehead atoms. The zero-order valence-corrected chi connectivity index (χ0v) is 14.7.